The van der Waals surface area contributed by atoms with Gasteiger partial charge in [-0.3, -0.25) is 0 Å². The lowest BCUT2D eigenvalue weighted by atomic mass is 10.1. The van der Waals surface area contributed by atoms with E-state index in [4.69, 9.17) is 5.90 Å². The second-order valence-electron chi connectivity index (χ2n) is 4.17. The second-order valence-corrected chi connectivity index (χ2v) is 5.24. The molecule has 0 radical (unpaired) electrons. The Morgan fingerprint density at radius 3 is 2.81 bits per heavy atom. The smallest absolute Gasteiger partial charge is 0.185 e. The molecule has 1 fully saturated rings. The molecule has 1 aromatic heterocycles. The molecule has 0 unspecified atom stereocenters. The molecule has 0 aliphatic carbocycles. The molecule has 4 nitrogen and oxygen atoms in total. The predicted molar refractivity (Wildman–Crippen MR) is 66.8 cm³/mol. The number of piperidine rings is 1. The van der Waals surface area contributed by atoms with Gasteiger partial charge in [0, 0.05) is 24.4 Å². The molecule has 5 heteroatoms. The monoisotopic (exact) mass is 241 g/mol. The van der Waals surface area contributed by atoms with E-state index >= 15 is 0 Å². The average Bonchev–Trinajstić information content (AvgIpc) is 2.69. The SMILES string of the molecule is Cc1nc(N2CCCCC2)sc1CCON. The quantitative estimate of drug-likeness (QED) is 0.818. The Hall–Kier alpha value is -0.650. The lowest BCUT2D eigenvalue weighted by Gasteiger charge is -2.25. The molecule has 16 heavy (non-hydrogen) atoms. The molecule has 2 rings (SSSR count). The van der Waals surface area contributed by atoms with E-state index in [1.54, 1.807) is 11.3 Å². The highest BCUT2D eigenvalue weighted by atomic mass is 32.1. The summed E-state index contributed by atoms with van der Waals surface area (Å²) in [5, 5.41) is 1.17. The first-order valence-electron chi connectivity index (χ1n) is 5.84. The average molecular weight is 241 g/mol. The van der Waals surface area contributed by atoms with Crippen molar-refractivity contribution < 1.29 is 4.84 Å². The highest BCUT2D eigenvalue weighted by Gasteiger charge is 2.16. The van der Waals surface area contributed by atoms with Crippen LogP contribution in [0.3, 0.4) is 0 Å². The minimum Gasteiger partial charge on any atom is -0.348 e. The summed E-state index contributed by atoms with van der Waals surface area (Å²) in [5.41, 5.74) is 1.13. The first-order valence-corrected chi connectivity index (χ1v) is 6.66. The summed E-state index contributed by atoms with van der Waals surface area (Å²) < 4.78 is 0. The van der Waals surface area contributed by atoms with Gasteiger partial charge in [-0.2, -0.15) is 0 Å². The van der Waals surface area contributed by atoms with Crippen molar-refractivity contribution in [2.45, 2.75) is 32.6 Å². The number of hydrogen-bond donors (Lipinski definition) is 1. The van der Waals surface area contributed by atoms with Gasteiger partial charge in [0.2, 0.25) is 0 Å². The van der Waals surface area contributed by atoms with Crippen LogP contribution in [0, 0.1) is 6.92 Å². The van der Waals surface area contributed by atoms with Crippen molar-refractivity contribution in [2.75, 3.05) is 24.6 Å². The third-order valence-corrected chi connectivity index (χ3v) is 4.23. The number of nitrogens with two attached hydrogens (primary N) is 1. The summed E-state index contributed by atoms with van der Waals surface area (Å²) in [4.78, 5) is 13.0. The van der Waals surface area contributed by atoms with E-state index in [0.717, 1.165) is 25.2 Å². The summed E-state index contributed by atoms with van der Waals surface area (Å²) in [6, 6.07) is 0. The van der Waals surface area contributed by atoms with Crippen LogP contribution in [0.2, 0.25) is 0 Å². The molecular formula is C11H19N3OS. The van der Waals surface area contributed by atoms with Crippen molar-refractivity contribution in [3.63, 3.8) is 0 Å². The van der Waals surface area contributed by atoms with Crippen molar-refractivity contribution in [3.05, 3.63) is 10.6 Å². The molecular weight excluding hydrogens is 222 g/mol. The molecule has 2 N–H and O–H groups in total. The minimum absolute atomic E-state index is 0.572. The number of aryl methyl sites for hydroxylation is 1. The molecule has 0 amide bonds. The summed E-state index contributed by atoms with van der Waals surface area (Å²) in [7, 11) is 0. The molecule has 0 bridgehead atoms. The van der Waals surface area contributed by atoms with Crippen LogP contribution in [-0.2, 0) is 11.3 Å². The van der Waals surface area contributed by atoms with Gasteiger partial charge >= 0.3 is 0 Å². The van der Waals surface area contributed by atoms with Gasteiger partial charge in [-0.05, 0) is 26.2 Å². The van der Waals surface area contributed by atoms with Crippen molar-refractivity contribution in [1.29, 1.82) is 0 Å². The standard InChI is InChI=1S/C11H19N3OS/c1-9-10(5-8-15-12)16-11(13-9)14-6-3-2-4-7-14/h2-8,12H2,1H3. The fourth-order valence-electron chi connectivity index (χ4n) is 2.02. The Labute approximate surface area is 100 Å². The lowest BCUT2D eigenvalue weighted by Crippen LogP contribution is -2.29. The van der Waals surface area contributed by atoms with E-state index < -0.39 is 0 Å². The molecule has 0 spiro atoms. The summed E-state index contributed by atoms with van der Waals surface area (Å²) in [6.45, 7) is 4.94. The molecule has 0 atom stereocenters. The van der Waals surface area contributed by atoms with Crippen molar-refractivity contribution in [1.82, 2.24) is 4.98 Å². The van der Waals surface area contributed by atoms with Crippen LogP contribution >= 0.6 is 11.3 Å². The van der Waals surface area contributed by atoms with Gasteiger partial charge in [-0.25, -0.2) is 10.9 Å². The van der Waals surface area contributed by atoms with Crippen molar-refractivity contribution in [3.8, 4) is 0 Å². The zero-order valence-electron chi connectivity index (χ0n) is 9.74. The van der Waals surface area contributed by atoms with Gasteiger partial charge in [0.05, 0.1) is 12.3 Å². The van der Waals surface area contributed by atoms with Gasteiger partial charge in [0.15, 0.2) is 5.13 Å². The Kier molecular flexibility index (Phi) is 4.15. The highest BCUT2D eigenvalue weighted by molar-refractivity contribution is 7.15. The van der Waals surface area contributed by atoms with Crippen LogP contribution in [0.5, 0.6) is 0 Å². The van der Waals surface area contributed by atoms with Crippen molar-refractivity contribution >= 4 is 16.5 Å². The van der Waals surface area contributed by atoms with E-state index in [1.165, 1.54) is 29.3 Å². The summed E-state index contributed by atoms with van der Waals surface area (Å²) in [6.07, 6.45) is 4.81. The predicted octanol–water partition coefficient (Wildman–Crippen LogP) is 1.87. The molecule has 90 valence electrons. The summed E-state index contributed by atoms with van der Waals surface area (Å²) in [5.74, 6) is 5.05. The zero-order chi connectivity index (χ0) is 11.4. The van der Waals surface area contributed by atoms with Crippen molar-refractivity contribution in [2.24, 2.45) is 5.90 Å². The molecule has 2 heterocycles. The molecule has 1 saturated heterocycles. The van der Waals surface area contributed by atoms with Crippen LogP contribution in [0.1, 0.15) is 29.8 Å². The van der Waals surface area contributed by atoms with Gasteiger partial charge < -0.3 is 9.74 Å². The van der Waals surface area contributed by atoms with E-state index in [0.29, 0.717) is 6.61 Å². The van der Waals surface area contributed by atoms with Crippen LogP contribution in [-0.4, -0.2) is 24.7 Å². The second kappa shape index (κ2) is 5.61. The first kappa shape index (κ1) is 11.8. The normalized spacial score (nSPS) is 16.8. The minimum atomic E-state index is 0.572. The maximum atomic E-state index is 5.05. The molecule has 0 saturated carbocycles. The molecule has 1 aromatic rings. The van der Waals surface area contributed by atoms with Crippen LogP contribution < -0.4 is 10.8 Å². The third kappa shape index (κ3) is 2.72. The van der Waals surface area contributed by atoms with Crippen LogP contribution in [0.15, 0.2) is 0 Å². The van der Waals surface area contributed by atoms with E-state index in [-0.39, 0.29) is 0 Å². The third-order valence-electron chi connectivity index (χ3n) is 2.95. The lowest BCUT2D eigenvalue weighted by molar-refractivity contribution is 0.141. The summed E-state index contributed by atoms with van der Waals surface area (Å²) >= 11 is 1.79. The molecule has 1 aliphatic heterocycles. The van der Waals surface area contributed by atoms with Gasteiger partial charge in [0.25, 0.3) is 0 Å². The number of hydrogen-bond acceptors (Lipinski definition) is 5. The molecule has 1 aliphatic rings. The fraction of sp³-hybridized carbons (Fsp3) is 0.727. The number of nitrogens with zero attached hydrogens (tertiary/aromatic N) is 2. The number of aromatic nitrogens is 1. The largest absolute Gasteiger partial charge is 0.348 e. The van der Waals surface area contributed by atoms with Gasteiger partial charge in [0.1, 0.15) is 0 Å². The van der Waals surface area contributed by atoms with Crippen LogP contribution in [0.25, 0.3) is 0 Å². The van der Waals surface area contributed by atoms with E-state index in [2.05, 4.69) is 21.6 Å². The van der Waals surface area contributed by atoms with E-state index in [9.17, 15) is 0 Å². The van der Waals surface area contributed by atoms with Gasteiger partial charge in [-0.1, -0.05) is 0 Å². The maximum absolute atomic E-state index is 5.05. The zero-order valence-corrected chi connectivity index (χ0v) is 10.6. The topological polar surface area (TPSA) is 51.4 Å². The highest BCUT2D eigenvalue weighted by Crippen LogP contribution is 2.28. The maximum Gasteiger partial charge on any atom is 0.185 e. The fourth-order valence-corrected chi connectivity index (χ4v) is 3.11. The number of thiazole rings is 1. The first-order chi connectivity index (χ1) is 7.81. The van der Waals surface area contributed by atoms with Gasteiger partial charge in [-0.15, -0.1) is 11.3 Å². The number of anilines is 1. The molecule has 0 aromatic carbocycles. The Balaban J connectivity index is 2.03. The Bertz CT molecular complexity index is 334. The van der Waals surface area contributed by atoms with Crippen LogP contribution in [0.4, 0.5) is 5.13 Å². The Morgan fingerprint density at radius 2 is 2.12 bits per heavy atom. The van der Waals surface area contributed by atoms with E-state index in [1.807, 2.05) is 0 Å². The number of rotatable bonds is 4. The Morgan fingerprint density at radius 1 is 1.38 bits per heavy atom.